The van der Waals surface area contributed by atoms with Crippen LogP contribution in [0.25, 0.3) is 5.78 Å². The van der Waals surface area contributed by atoms with Gasteiger partial charge < -0.3 is 5.11 Å². The van der Waals surface area contributed by atoms with E-state index in [0.29, 0.717) is 12.3 Å². The van der Waals surface area contributed by atoms with E-state index in [1.165, 1.54) is 0 Å². The molecule has 0 aromatic carbocycles. The van der Waals surface area contributed by atoms with E-state index in [4.69, 9.17) is 0 Å². The monoisotopic (exact) mass is 288 g/mol. The summed E-state index contributed by atoms with van der Waals surface area (Å²) in [6, 6.07) is 1.38. The Balaban J connectivity index is 1.86. The summed E-state index contributed by atoms with van der Waals surface area (Å²) in [5.74, 6) is -0.0998. The lowest BCUT2D eigenvalue weighted by molar-refractivity contribution is -0.151. The maximum Gasteiger partial charge on any atom is 0.321 e. The molecular formula is C15H20N4O2. The lowest BCUT2D eigenvalue weighted by atomic mass is 9.76. The minimum Gasteiger partial charge on any atom is -0.480 e. The van der Waals surface area contributed by atoms with Gasteiger partial charge >= 0.3 is 5.97 Å². The highest BCUT2D eigenvalue weighted by Gasteiger charge is 2.42. The molecule has 6 heteroatoms. The van der Waals surface area contributed by atoms with Gasteiger partial charge in [0.15, 0.2) is 0 Å². The molecule has 1 N–H and O–H groups in total. The number of hydrogen-bond donors (Lipinski definition) is 1. The van der Waals surface area contributed by atoms with Gasteiger partial charge in [0, 0.05) is 25.1 Å². The zero-order valence-corrected chi connectivity index (χ0v) is 12.4. The normalized spacial score (nSPS) is 22.5. The number of hydrogen-bond acceptors (Lipinski definition) is 4. The Labute approximate surface area is 123 Å². The molecule has 0 aliphatic carbocycles. The third kappa shape index (κ3) is 2.63. The summed E-state index contributed by atoms with van der Waals surface area (Å²) < 4.78 is 1.86. The van der Waals surface area contributed by atoms with Crippen LogP contribution in [-0.4, -0.2) is 42.9 Å². The molecule has 1 aliphatic heterocycles. The smallest absolute Gasteiger partial charge is 0.321 e. The molecule has 1 unspecified atom stereocenters. The van der Waals surface area contributed by atoms with Crippen molar-refractivity contribution in [2.24, 2.45) is 5.41 Å². The first-order valence-corrected chi connectivity index (χ1v) is 7.23. The van der Waals surface area contributed by atoms with Crippen molar-refractivity contribution >= 4 is 11.7 Å². The average molecular weight is 288 g/mol. The number of piperidine rings is 1. The Morgan fingerprint density at radius 3 is 3.05 bits per heavy atom. The van der Waals surface area contributed by atoms with Crippen molar-refractivity contribution in [3.63, 3.8) is 0 Å². The standard InChI is InChI=1S/C15H20N4O2/c1-15(2)5-3-7-18(12(15)13(20)21)9-11-10-19-8-4-6-16-14(19)17-11/h4,6,8,10,12H,3,5,7,9H2,1-2H3,(H,20,21). The van der Waals surface area contributed by atoms with Gasteiger partial charge in [-0.3, -0.25) is 14.1 Å². The van der Waals surface area contributed by atoms with Crippen LogP contribution in [0.3, 0.4) is 0 Å². The fourth-order valence-electron chi connectivity index (χ4n) is 3.32. The summed E-state index contributed by atoms with van der Waals surface area (Å²) in [6.45, 7) is 5.40. The van der Waals surface area contributed by atoms with Crippen molar-refractivity contribution in [1.82, 2.24) is 19.3 Å². The maximum atomic E-state index is 11.7. The van der Waals surface area contributed by atoms with Crippen LogP contribution in [0.4, 0.5) is 0 Å². The fourth-order valence-corrected chi connectivity index (χ4v) is 3.32. The summed E-state index contributed by atoms with van der Waals surface area (Å²) in [4.78, 5) is 22.3. The number of carboxylic acid groups (broad SMARTS) is 1. The number of fused-ring (bicyclic) bond motifs is 1. The second kappa shape index (κ2) is 5.11. The summed E-state index contributed by atoms with van der Waals surface area (Å²) in [5, 5.41) is 9.58. The minimum atomic E-state index is -0.749. The van der Waals surface area contributed by atoms with Crippen LogP contribution in [0, 0.1) is 5.41 Å². The summed E-state index contributed by atoms with van der Waals surface area (Å²) >= 11 is 0. The number of carbonyl (C=O) groups is 1. The molecule has 21 heavy (non-hydrogen) atoms. The number of aromatic nitrogens is 3. The Kier molecular flexibility index (Phi) is 3.41. The number of nitrogens with zero attached hydrogens (tertiary/aromatic N) is 4. The van der Waals surface area contributed by atoms with Gasteiger partial charge in [0.1, 0.15) is 6.04 Å². The van der Waals surface area contributed by atoms with E-state index in [0.717, 1.165) is 25.1 Å². The van der Waals surface area contributed by atoms with Crippen molar-refractivity contribution < 1.29 is 9.90 Å². The van der Waals surface area contributed by atoms with Crippen molar-refractivity contribution in [1.29, 1.82) is 0 Å². The molecule has 112 valence electrons. The molecule has 0 radical (unpaired) electrons. The van der Waals surface area contributed by atoms with Crippen LogP contribution in [0.2, 0.25) is 0 Å². The number of aliphatic carboxylic acids is 1. The molecule has 1 aliphatic rings. The fraction of sp³-hybridized carbons (Fsp3) is 0.533. The van der Waals surface area contributed by atoms with Gasteiger partial charge in [-0.15, -0.1) is 0 Å². The number of carboxylic acids is 1. The first kappa shape index (κ1) is 14.0. The van der Waals surface area contributed by atoms with Crippen LogP contribution >= 0.6 is 0 Å². The van der Waals surface area contributed by atoms with Crippen LogP contribution in [-0.2, 0) is 11.3 Å². The van der Waals surface area contributed by atoms with E-state index in [-0.39, 0.29) is 5.41 Å². The predicted octanol–water partition coefficient (Wildman–Crippen LogP) is 1.80. The van der Waals surface area contributed by atoms with E-state index >= 15 is 0 Å². The van der Waals surface area contributed by atoms with Crippen molar-refractivity contribution in [3.8, 4) is 0 Å². The Bertz CT molecular complexity index is 631. The van der Waals surface area contributed by atoms with E-state index in [1.54, 1.807) is 6.20 Å². The second-order valence-corrected chi connectivity index (χ2v) is 6.36. The number of imidazole rings is 1. The first-order chi connectivity index (χ1) is 9.97. The molecule has 3 heterocycles. The summed E-state index contributed by atoms with van der Waals surface area (Å²) in [6.07, 6.45) is 7.47. The molecule has 1 saturated heterocycles. The predicted molar refractivity (Wildman–Crippen MR) is 77.8 cm³/mol. The Morgan fingerprint density at radius 2 is 2.33 bits per heavy atom. The Morgan fingerprint density at radius 1 is 1.52 bits per heavy atom. The first-order valence-electron chi connectivity index (χ1n) is 7.23. The largest absolute Gasteiger partial charge is 0.480 e. The molecule has 0 bridgehead atoms. The molecule has 3 rings (SSSR count). The van der Waals surface area contributed by atoms with Crippen LogP contribution in [0.15, 0.2) is 24.7 Å². The van der Waals surface area contributed by atoms with Gasteiger partial charge in [-0.1, -0.05) is 13.8 Å². The number of rotatable bonds is 3. The third-order valence-corrected chi connectivity index (χ3v) is 4.26. The SMILES string of the molecule is CC1(C)CCCN(Cc2cn3cccnc3n2)C1C(=O)O. The van der Waals surface area contributed by atoms with E-state index in [1.807, 2.05) is 41.6 Å². The van der Waals surface area contributed by atoms with Crippen LogP contribution in [0.1, 0.15) is 32.4 Å². The van der Waals surface area contributed by atoms with Crippen molar-refractivity contribution in [2.45, 2.75) is 39.3 Å². The molecule has 2 aromatic heterocycles. The highest BCUT2D eigenvalue weighted by Crippen LogP contribution is 2.35. The topological polar surface area (TPSA) is 70.7 Å². The quantitative estimate of drug-likeness (QED) is 0.932. The third-order valence-electron chi connectivity index (χ3n) is 4.26. The molecule has 0 amide bonds. The molecular weight excluding hydrogens is 268 g/mol. The van der Waals surface area contributed by atoms with Gasteiger partial charge in [-0.25, -0.2) is 9.97 Å². The highest BCUT2D eigenvalue weighted by molar-refractivity contribution is 5.74. The molecule has 1 atom stereocenters. The van der Waals surface area contributed by atoms with Gasteiger partial charge in [0.2, 0.25) is 5.78 Å². The number of likely N-dealkylation sites (tertiary alicyclic amines) is 1. The van der Waals surface area contributed by atoms with E-state index < -0.39 is 12.0 Å². The zero-order chi connectivity index (χ0) is 15.0. The second-order valence-electron chi connectivity index (χ2n) is 6.36. The summed E-state index contributed by atoms with van der Waals surface area (Å²) in [5.41, 5.74) is 0.638. The van der Waals surface area contributed by atoms with Gasteiger partial charge in [-0.2, -0.15) is 0 Å². The van der Waals surface area contributed by atoms with Crippen molar-refractivity contribution in [3.05, 3.63) is 30.4 Å². The molecule has 0 spiro atoms. The maximum absolute atomic E-state index is 11.7. The lowest BCUT2D eigenvalue weighted by Gasteiger charge is -2.43. The summed E-state index contributed by atoms with van der Waals surface area (Å²) in [7, 11) is 0. The average Bonchev–Trinajstić information content (AvgIpc) is 2.79. The van der Waals surface area contributed by atoms with Gasteiger partial charge in [0.25, 0.3) is 0 Å². The lowest BCUT2D eigenvalue weighted by Crippen LogP contribution is -2.53. The molecule has 1 fully saturated rings. The highest BCUT2D eigenvalue weighted by atomic mass is 16.4. The Hall–Kier alpha value is -1.95. The van der Waals surface area contributed by atoms with Crippen molar-refractivity contribution in [2.75, 3.05) is 6.54 Å². The molecule has 6 nitrogen and oxygen atoms in total. The van der Waals surface area contributed by atoms with Gasteiger partial charge in [-0.05, 0) is 30.9 Å². The van der Waals surface area contributed by atoms with E-state index in [2.05, 4.69) is 9.97 Å². The molecule has 0 saturated carbocycles. The van der Waals surface area contributed by atoms with Gasteiger partial charge in [0.05, 0.1) is 5.69 Å². The van der Waals surface area contributed by atoms with E-state index in [9.17, 15) is 9.90 Å². The minimum absolute atomic E-state index is 0.221. The zero-order valence-electron chi connectivity index (χ0n) is 12.4. The van der Waals surface area contributed by atoms with Crippen LogP contribution < -0.4 is 0 Å². The molecule has 2 aromatic rings. The van der Waals surface area contributed by atoms with Crippen LogP contribution in [0.5, 0.6) is 0 Å².